The average Bonchev–Trinajstić information content (AvgIpc) is 3.10. The Morgan fingerprint density at radius 1 is 1.20 bits per heavy atom. The second kappa shape index (κ2) is 7.50. The van der Waals surface area contributed by atoms with Crippen LogP contribution in [-0.2, 0) is 6.54 Å². The quantitative estimate of drug-likeness (QED) is 0.844. The molecule has 2 N–H and O–H groups in total. The molecule has 0 saturated heterocycles. The van der Waals surface area contributed by atoms with Gasteiger partial charge in [0.25, 0.3) is 11.5 Å². The molecule has 2 aromatic rings. The maximum Gasteiger partial charge on any atom is 0.256 e. The van der Waals surface area contributed by atoms with Crippen LogP contribution in [0.3, 0.4) is 0 Å². The summed E-state index contributed by atoms with van der Waals surface area (Å²) in [5, 5.41) is 13.6. The van der Waals surface area contributed by atoms with Crippen LogP contribution in [-0.4, -0.2) is 15.6 Å². The van der Waals surface area contributed by atoms with Crippen LogP contribution in [0.1, 0.15) is 47.6 Å². The normalized spacial score (nSPS) is 14.6. The number of carbonyl (C=O) groups excluding carboxylic acids is 1. The zero-order valence-corrected chi connectivity index (χ0v) is 15.0. The van der Waals surface area contributed by atoms with Crippen LogP contribution in [0, 0.1) is 0 Å². The lowest BCUT2D eigenvalue weighted by atomic mass is 10.2. The fourth-order valence-corrected chi connectivity index (χ4v) is 3.43. The maximum absolute atomic E-state index is 12.4. The zero-order valence-electron chi connectivity index (χ0n) is 13.5. The van der Waals surface area contributed by atoms with Gasteiger partial charge in [-0.2, -0.15) is 0 Å². The number of hydrogen-bond donors (Lipinski definition) is 2. The molecule has 0 radical (unpaired) electrons. The SMILES string of the molecule is O=C(NCc1ccc(Cl)c(Cl)c1)c1cn(C2CCCC2)c(=O)cc1O. The van der Waals surface area contributed by atoms with E-state index in [4.69, 9.17) is 23.2 Å². The highest BCUT2D eigenvalue weighted by Gasteiger charge is 2.21. The Balaban J connectivity index is 1.78. The molecule has 0 spiro atoms. The van der Waals surface area contributed by atoms with Crippen LogP contribution in [0.15, 0.2) is 35.3 Å². The third-order valence-corrected chi connectivity index (χ3v) is 5.20. The van der Waals surface area contributed by atoms with E-state index in [0.29, 0.717) is 10.0 Å². The molecule has 1 fully saturated rings. The second-order valence-corrected chi connectivity index (χ2v) is 7.00. The summed E-state index contributed by atoms with van der Waals surface area (Å²) in [6.45, 7) is 0.234. The molecule has 0 aliphatic heterocycles. The number of hydrogen-bond acceptors (Lipinski definition) is 3. The average molecular weight is 381 g/mol. The standard InChI is InChI=1S/C18H18Cl2N2O3/c19-14-6-5-11(7-15(14)20)9-21-18(25)13-10-22(12-3-1-2-4-12)17(24)8-16(13)23/h5-8,10,12,23H,1-4,9H2,(H,21,25). The molecule has 0 atom stereocenters. The smallest absolute Gasteiger partial charge is 0.256 e. The van der Waals surface area contributed by atoms with Gasteiger partial charge < -0.3 is 15.0 Å². The van der Waals surface area contributed by atoms with Gasteiger partial charge in [-0.3, -0.25) is 9.59 Å². The van der Waals surface area contributed by atoms with E-state index in [9.17, 15) is 14.7 Å². The van der Waals surface area contributed by atoms with Crippen LogP contribution >= 0.6 is 23.2 Å². The summed E-state index contributed by atoms with van der Waals surface area (Å²) in [6.07, 6.45) is 5.41. The van der Waals surface area contributed by atoms with Gasteiger partial charge in [0.1, 0.15) is 5.75 Å². The minimum absolute atomic E-state index is 0.0894. The number of aromatic hydroxyl groups is 1. The van der Waals surface area contributed by atoms with Crippen molar-refractivity contribution in [3.63, 3.8) is 0 Å². The van der Waals surface area contributed by atoms with Gasteiger partial charge in [0.05, 0.1) is 15.6 Å². The number of amides is 1. The zero-order chi connectivity index (χ0) is 18.0. The van der Waals surface area contributed by atoms with Crippen LogP contribution in [0.2, 0.25) is 10.0 Å². The number of nitrogens with one attached hydrogen (secondary N) is 1. The summed E-state index contributed by atoms with van der Waals surface area (Å²) < 4.78 is 1.56. The summed E-state index contributed by atoms with van der Waals surface area (Å²) in [4.78, 5) is 24.5. The van der Waals surface area contributed by atoms with E-state index in [-0.39, 0.29) is 29.5 Å². The number of aromatic nitrogens is 1. The molecule has 1 aliphatic carbocycles. The number of nitrogens with zero attached hydrogens (tertiary/aromatic N) is 1. The van der Waals surface area contributed by atoms with Gasteiger partial charge in [-0.1, -0.05) is 42.1 Å². The van der Waals surface area contributed by atoms with Crippen molar-refractivity contribution < 1.29 is 9.90 Å². The molecule has 0 unspecified atom stereocenters. The third kappa shape index (κ3) is 3.99. The highest BCUT2D eigenvalue weighted by molar-refractivity contribution is 6.42. The number of benzene rings is 1. The van der Waals surface area contributed by atoms with E-state index in [1.165, 1.54) is 6.20 Å². The van der Waals surface area contributed by atoms with Gasteiger partial charge in [-0.25, -0.2) is 0 Å². The summed E-state index contributed by atoms with van der Waals surface area (Å²) in [6, 6.07) is 6.28. The first kappa shape index (κ1) is 17.8. The fraction of sp³-hybridized carbons (Fsp3) is 0.333. The van der Waals surface area contributed by atoms with E-state index in [1.807, 2.05) is 0 Å². The van der Waals surface area contributed by atoms with Crippen molar-refractivity contribution in [3.05, 3.63) is 62.0 Å². The van der Waals surface area contributed by atoms with Crippen LogP contribution in [0.4, 0.5) is 0 Å². The maximum atomic E-state index is 12.4. The van der Waals surface area contributed by atoms with E-state index >= 15 is 0 Å². The minimum Gasteiger partial charge on any atom is -0.507 e. The van der Waals surface area contributed by atoms with Crippen molar-refractivity contribution in [1.82, 2.24) is 9.88 Å². The van der Waals surface area contributed by atoms with Crippen LogP contribution in [0.5, 0.6) is 5.75 Å². The molecular formula is C18H18Cl2N2O3. The highest BCUT2D eigenvalue weighted by atomic mass is 35.5. The Morgan fingerprint density at radius 3 is 2.60 bits per heavy atom. The Labute approximate surface area is 155 Å². The molecule has 5 nitrogen and oxygen atoms in total. The number of halogens is 2. The third-order valence-electron chi connectivity index (χ3n) is 4.46. The molecular weight excluding hydrogens is 363 g/mol. The molecule has 132 valence electrons. The first-order chi connectivity index (χ1) is 12.0. The highest BCUT2D eigenvalue weighted by Crippen LogP contribution is 2.29. The topological polar surface area (TPSA) is 71.3 Å². The lowest BCUT2D eigenvalue weighted by Gasteiger charge is -2.15. The van der Waals surface area contributed by atoms with Gasteiger partial charge in [0.15, 0.2) is 0 Å². The molecule has 3 rings (SSSR count). The first-order valence-corrected chi connectivity index (χ1v) is 8.88. The van der Waals surface area contributed by atoms with E-state index in [0.717, 1.165) is 37.3 Å². The van der Waals surface area contributed by atoms with Crippen LogP contribution < -0.4 is 10.9 Å². The monoisotopic (exact) mass is 380 g/mol. The summed E-state index contributed by atoms with van der Waals surface area (Å²) >= 11 is 11.8. The molecule has 1 aromatic heterocycles. The molecule has 25 heavy (non-hydrogen) atoms. The lowest BCUT2D eigenvalue weighted by molar-refractivity contribution is 0.0947. The molecule has 1 saturated carbocycles. The Kier molecular flexibility index (Phi) is 5.35. The molecule has 1 amide bonds. The van der Waals surface area contributed by atoms with Gasteiger partial charge in [0.2, 0.25) is 0 Å². The van der Waals surface area contributed by atoms with Gasteiger partial charge in [-0.15, -0.1) is 0 Å². The van der Waals surface area contributed by atoms with Crippen molar-refractivity contribution in [3.8, 4) is 5.75 Å². The van der Waals surface area contributed by atoms with Crippen LogP contribution in [0.25, 0.3) is 0 Å². The molecule has 1 aromatic carbocycles. The summed E-state index contributed by atoms with van der Waals surface area (Å²) in [5.41, 5.74) is 0.586. The van der Waals surface area contributed by atoms with Crippen molar-refractivity contribution in [2.24, 2.45) is 0 Å². The molecule has 1 heterocycles. The Morgan fingerprint density at radius 2 is 1.92 bits per heavy atom. The minimum atomic E-state index is -0.449. The number of rotatable bonds is 4. The number of carbonyl (C=O) groups is 1. The van der Waals surface area contributed by atoms with Gasteiger partial charge in [0, 0.05) is 24.8 Å². The second-order valence-electron chi connectivity index (χ2n) is 6.19. The van der Waals surface area contributed by atoms with Crippen molar-refractivity contribution in [2.45, 2.75) is 38.3 Å². The van der Waals surface area contributed by atoms with Gasteiger partial charge in [-0.05, 0) is 30.5 Å². The summed E-state index contributed by atoms with van der Waals surface area (Å²) in [5.74, 6) is -0.763. The predicted octanol–water partition coefficient (Wildman–Crippen LogP) is 3.91. The first-order valence-electron chi connectivity index (χ1n) is 8.13. The van der Waals surface area contributed by atoms with Crippen molar-refractivity contribution >= 4 is 29.1 Å². The lowest BCUT2D eigenvalue weighted by Crippen LogP contribution is -2.28. The van der Waals surface area contributed by atoms with Crippen molar-refractivity contribution in [2.75, 3.05) is 0 Å². The fourth-order valence-electron chi connectivity index (χ4n) is 3.11. The number of pyridine rings is 1. The van der Waals surface area contributed by atoms with E-state index in [1.54, 1.807) is 22.8 Å². The molecule has 7 heteroatoms. The van der Waals surface area contributed by atoms with Crippen molar-refractivity contribution in [1.29, 1.82) is 0 Å². The summed E-state index contributed by atoms with van der Waals surface area (Å²) in [7, 11) is 0. The molecule has 0 bridgehead atoms. The Bertz CT molecular complexity index is 858. The molecule has 1 aliphatic rings. The van der Waals surface area contributed by atoms with Gasteiger partial charge >= 0.3 is 0 Å². The Hall–Kier alpha value is -1.98. The predicted molar refractivity (Wildman–Crippen MR) is 97.5 cm³/mol. The van der Waals surface area contributed by atoms with E-state index in [2.05, 4.69) is 5.32 Å². The van der Waals surface area contributed by atoms with E-state index < -0.39 is 5.91 Å². The largest absolute Gasteiger partial charge is 0.507 e.